The highest BCUT2D eigenvalue weighted by Crippen LogP contribution is 2.34. The standard InChI is InChI=1S/C14H27NO/c1-4-6-12(3)10-13(16)14(7-5-2)8-9-15-11-14/h12,15H,4-11H2,1-3H3. The van der Waals surface area contributed by atoms with Gasteiger partial charge in [0.05, 0.1) is 0 Å². The molecule has 94 valence electrons. The van der Waals surface area contributed by atoms with Gasteiger partial charge in [-0.1, -0.05) is 40.0 Å². The number of carbonyl (C=O) groups excluding carboxylic acids is 1. The second-order valence-corrected chi connectivity index (χ2v) is 5.48. The quantitative estimate of drug-likeness (QED) is 0.721. The van der Waals surface area contributed by atoms with Crippen molar-refractivity contribution in [2.24, 2.45) is 11.3 Å². The lowest BCUT2D eigenvalue weighted by molar-refractivity contribution is -0.129. The van der Waals surface area contributed by atoms with Crippen LogP contribution in [0.25, 0.3) is 0 Å². The Kier molecular flexibility index (Phi) is 5.47. The first-order chi connectivity index (χ1) is 7.64. The molecular weight excluding hydrogens is 198 g/mol. The molecule has 0 saturated carbocycles. The fourth-order valence-corrected chi connectivity index (χ4v) is 2.94. The minimum Gasteiger partial charge on any atom is -0.316 e. The molecule has 2 atom stereocenters. The van der Waals surface area contributed by atoms with E-state index in [9.17, 15) is 4.79 Å². The molecule has 2 heteroatoms. The van der Waals surface area contributed by atoms with Crippen LogP contribution >= 0.6 is 0 Å². The van der Waals surface area contributed by atoms with Crippen LogP contribution in [-0.2, 0) is 4.79 Å². The smallest absolute Gasteiger partial charge is 0.140 e. The molecule has 1 N–H and O–H groups in total. The van der Waals surface area contributed by atoms with Gasteiger partial charge in [0.25, 0.3) is 0 Å². The van der Waals surface area contributed by atoms with Crippen LogP contribution in [-0.4, -0.2) is 18.9 Å². The summed E-state index contributed by atoms with van der Waals surface area (Å²) in [4.78, 5) is 12.4. The lowest BCUT2D eigenvalue weighted by Crippen LogP contribution is -2.34. The Morgan fingerprint density at radius 2 is 2.12 bits per heavy atom. The number of carbonyl (C=O) groups is 1. The predicted molar refractivity (Wildman–Crippen MR) is 68.5 cm³/mol. The zero-order chi connectivity index (χ0) is 12.0. The van der Waals surface area contributed by atoms with E-state index < -0.39 is 0 Å². The van der Waals surface area contributed by atoms with E-state index in [1.165, 1.54) is 12.8 Å². The molecule has 0 bridgehead atoms. The third-order valence-corrected chi connectivity index (χ3v) is 3.88. The summed E-state index contributed by atoms with van der Waals surface area (Å²) in [6.07, 6.45) is 6.40. The number of hydrogen-bond acceptors (Lipinski definition) is 2. The van der Waals surface area contributed by atoms with Gasteiger partial charge in [-0.05, 0) is 25.3 Å². The van der Waals surface area contributed by atoms with Gasteiger partial charge in [-0.2, -0.15) is 0 Å². The highest BCUT2D eigenvalue weighted by atomic mass is 16.1. The minimum atomic E-state index is -0.0171. The normalized spacial score (nSPS) is 26.9. The summed E-state index contributed by atoms with van der Waals surface area (Å²) in [6, 6.07) is 0. The van der Waals surface area contributed by atoms with Gasteiger partial charge in [-0.3, -0.25) is 4.79 Å². The molecular formula is C14H27NO. The number of ketones is 1. The molecule has 0 aromatic heterocycles. The summed E-state index contributed by atoms with van der Waals surface area (Å²) >= 11 is 0. The molecule has 0 aliphatic carbocycles. The third-order valence-electron chi connectivity index (χ3n) is 3.88. The average molecular weight is 225 g/mol. The van der Waals surface area contributed by atoms with Crippen molar-refractivity contribution < 1.29 is 4.79 Å². The van der Waals surface area contributed by atoms with E-state index in [4.69, 9.17) is 0 Å². The molecule has 1 aliphatic heterocycles. The third kappa shape index (κ3) is 3.31. The van der Waals surface area contributed by atoms with Crippen molar-refractivity contribution in [3.63, 3.8) is 0 Å². The number of rotatable bonds is 7. The Morgan fingerprint density at radius 3 is 2.62 bits per heavy atom. The molecule has 1 heterocycles. The van der Waals surface area contributed by atoms with Crippen molar-refractivity contribution in [2.45, 2.75) is 59.3 Å². The maximum atomic E-state index is 12.4. The Hall–Kier alpha value is -0.370. The molecule has 0 radical (unpaired) electrons. The molecule has 2 unspecified atom stereocenters. The van der Waals surface area contributed by atoms with Crippen molar-refractivity contribution in [3.05, 3.63) is 0 Å². The van der Waals surface area contributed by atoms with E-state index in [1.54, 1.807) is 0 Å². The minimum absolute atomic E-state index is 0.0171. The second kappa shape index (κ2) is 6.39. The van der Waals surface area contributed by atoms with E-state index in [0.29, 0.717) is 11.7 Å². The molecule has 0 aromatic rings. The van der Waals surface area contributed by atoms with Crippen LogP contribution in [0.3, 0.4) is 0 Å². The van der Waals surface area contributed by atoms with E-state index in [0.717, 1.165) is 38.8 Å². The summed E-state index contributed by atoms with van der Waals surface area (Å²) in [7, 11) is 0. The molecule has 1 aliphatic rings. The largest absolute Gasteiger partial charge is 0.316 e. The second-order valence-electron chi connectivity index (χ2n) is 5.48. The van der Waals surface area contributed by atoms with E-state index in [-0.39, 0.29) is 5.41 Å². The highest BCUT2D eigenvalue weighted by Gasteiger charge is 2.39. The van der Waals surface area contributed by atoms with Crippen molar-refractivity contribution in [1.29, 1.82) is 0 Å². The summed E-state index contributed by atoms with van der Waals surface area (Å²) in [5.41, 5.74) is -0.0171. The zero-order valence-corrected chi connectivity index (χ0v) is 11.1. The SMILES string of the molecule is CCCC(C)CC(=O)C1(CCC)CCNC1. The van der Waals surface area contributed by atoms with Gasteiger partial charge in [0, 0.05) is 18.4 Å². The molecule has 1 fully saturated rings. The first-order valence-electron chi connectivity index (χ1n) is 6.88. The first kappa shape index (κ1) is 13.7. The Labute approximate surface area is 100 Å². The number of Topliss-reactive ketones (excluding diaryl/α,β-unsaturated/α-hetero) is 1. The first-order valence-corrected chi connectivity index (χ1v) is 6.88. The van der Waals surface area contributed by atoms with Crippen LogP contribution in [0.5, 0.6) is 0 Å². The molecule has 1 rings (SSSR count). The summed E-state index contributed by atoms with van der Waals surface area (Å²) in [5.74, 6) is 1.08. The monoisotopic (exact) mass is 225 g/mol. The molecule has 0 spiro atoms. The zero-order valence-electron chi connectivity index (χ0n) is 11.1. The predicted octanol–water partition coefficient (Wildman–Crippen LogP) is 3.16. The molecule has 1 saturated heterocycles. The summed E-state index contributed by atoms with van der Waals surface area (Å²) < 4.78 is 0. The van der Waals surface area contributed by atoms with Crippen LogP contribution < -0.4 is 5.32 Å². The van der Waals surface area contributed by atoms with Gasteiger partial charge in [0.15, 0.2) is 0 Å². The van der Waals surface area contributed by atoms with E-state index in [1.807, 2.05) is 0 Å². The maximum Gasteiger partial charge on any atom is 0.140 e. The van der Waals surface area contributed by atoms with E-state index >= 15 is 0 Å². The van der Waals surface area contributed by atoms with Gasteiger partial charge in [-0.25, -0.2) is 0 Å². The van der Waals surface area contributed by atoms with Gasteiger partial charge < -0.3 is 5.32 Å². The van der Waals surface area contributed by atoms with Crippen LogP contribution in [0.15, 0.2) is 0 Å². The van der Waals surface area contributed by atoms with Crippen LogP contribution in [0.4, 0.5) is 0 Å². The Morgan fingerprint density at radius 1 is 1.38 bits per heavy atom. The van der Waals surface area contributed by atoms with Crippen molar-refractivity contribution in [1.82, 2.24) is 5.32 Å². The Bertz CT molecular complexity index is 219. The molecule has 0 aromatic carbocycles. The lowest BCUT2D eigenvalue weighted by Gasteiger charge is -2.27. The van der Waals surface area contributed by atoms with Gasteiger partial charge in [0.1, 0.15) is 5.78 Å². The summed E-state index contributed by atoms with van der Waals surface area (Å²) in [6.45, 7) is 8.53. The summed E-state index contributed by atoms with van der Waals surface area (Å²) in [5, 5.41) is 3.36. The van der Waals surface area contributed by atoms with Gasteiger partial charge in [0.2, 0.25) is 0 Å². The molecule has 2 nitrogen and oxygen atoms in total. The van der Waals surface area contributed by atoms with Crippen LogP contribution in [0.1, 0.15) is 59.3 Å². The Balaban J connectivity index is 2.54. The van der Waals surface area contributed by atoms with Crippen molar-refractivity contribution in [3.8, 4) is 0 Å². The maximum absolute atomic E-state index is 12.4. The fraction of sp³-hybridized carbons (Fsp3) is 0.929. The fourth-order valence-electron chi connectivity index (χ4n) is 2.94. The average Bonchev–Trinajstić information content (AvgIpc) is 2.68. The highest BCUT2D eigenvalue weighted by molar-refractivity contribution is 5.85. The van der Waals surface area contributed by atoms with Gasteiger partial charge in [-0.15, -0.1) is 0 Å². The van der Waals surface area contributed by atoms with Gasteiger partial charge >= 0.3 is 0 Å². The lowest BCUT2D eigenvalue weighted by atomic mass is 9.75. The molecule has 16 heavy (non-hydrogen) atoms. The van der Waals surface area contributed by atoms with Crippen LogP contribution in [0.2, 0.25) is 0 Å². The number of hydrogen-bond donors (Lipinski definition) is 1. The van der Waals surface area contributed by atoms with Crippen molar-refractivity contribution >= 4 is 5.78 Å². The number of nitrogens with one attached hydrogen (secondary N) is 1. The molecule has 0 amide bonds. The van der Waals surface area contributed by atoms with E-state index in [2.05, 4.69) is 26.1 Å². The topological polar surface area (TPSA) is 29.1 Å². The van der Waals surface area contributed by atoms with Crippen molar-refractivity contribution in [2.75, 3.05) is 13.1 Å². The van der Waals surface area contributed by atoms with Crippen LogP contribution in [0, 0.1) is 11.3 Å².